The molecule has 1 aliphatic rings. The maximum Gasteiger partial charge on any atom is 0.344 e. The number of carbonyl (C=O) groups excluding carboxylic acids is 1. The van der Waals surface area contributed by atoms with Gasteiger partial charge in [0.25, 0.3) is 0 Å². The van der Waals surface area contributed by atoms with Crippen molar-refractivity contribution in [3.05, 3.63) is 34.0 Å². The Labute approximate surface area is 112 Å². The van der Waals surface area contributed by atoms with Gasteiger partial charge >= 0.3 is 5.97 Å². The van der Waals surface area contributed by atoms with Crippen molar-refractivity contribution in [2.24, 2.45) is 0 Å². The zero-order chi connectivity index (χ0) is 13.5. The van der Waals surface area contributed by atoms with Gasteiger partial charge in [-0.05, 0) is 12.1 Å². The van der Waals surface area contributed by atoms with E-state index in [1.54, 1.807) is 25.3 Å². The Morgan fingerprint density at radius 3 is 2.56 bits per heavy atom. The number of halogens is 1. The smallest absolute Gasteiger partial charge is 0.344 e. The molecule has 5 heteroatoms. The Balaban J connectivity index is 2.70. The van der Waals surface area contributed by atoms with Crippen molar-refractivity contribution in [1.82, 2.24) is 0 Å². The molecule has 0 fully saturated rings. The number of methoxy groups -OCH3 is 1. The van der Waals surface area contributed by atoms with Crippen LogP contribution < -0.4 is 4.74 Å². The van der Waals surface area contributed by atoms with Crippen molar-refractivity contribution in [2.45, 2.75) is 19.6 Å². The van der Waals surface area contributed by atoms with E-state index in [0.29, 0.717) is 27.3 Å². The molecule has 0 aromatic heterocycles. The van der Waals surface area contributed by atoms with Crippen molar-refractivity contribution < 1.29 is 14.3 Å². The zero-order valence-corrected chi connectivity index (χ0v) is 12.6. The highest BCUT2D eigenvalue weighted by Crippen LogP contribution is 2.41. The quantitative estimate of drug-likeness (QED) is 0.613. The molecule has 0 amide bonds. The second-order valence-corrected chi connectivity index (χ2v) is 10.9. The Hall–Kier alpha value is -1.26. The highest BCUT2D eigenvalue weighted by atomic mass is 35.5. The molecule has 0 unspecified atom stereocenters. The summed E-state index contributed by atoms with van der Waals surface area (Å²) in [5.41, 5.74) is 1.19. The average Bonchev–Trinajstić information content (AvgIpc) is 2.65. The summed E-state index contributed by atoms with van der Waals surface area (Å²) in [5.74, 6) is 0.716. The van der Waals surface area contributed by atoms with Gasteiger partial charge < -0.3 is 9.47 Å². The first-order valence-electron chi connectivity index (χ1n) is 5.66. The highest BCUT2D eigenvalue weighted by molar-refractivity contribution is 6.92. The van der Waals surface area contributed by atoms with Crippen LogP contribution in [0.2, 0.25) is 19.6 Å². The van der Waals surface area contributed by atoms with Crippen LogP contribution in [0.5, 0.6) is 5.75 Å². The van der Waals surface area contributed by atoms with E-state index in [-0.39, 0.29) is 5.97 Å². The van der Waals surface area contributed by atoms with Crippen LogP contribution in [0.3, 0.4) is 0 Å². The average molecular weight is 283 g/mol. The molecule has 0 saturated heterocycles. The second-order valence-electron chi connectivity index (χ2n) is 5.17. The maximum atomic E-state index is 11.8. The molecule has 1 aromatic carbocycles. The number of rotatable bonds is 2. The molecule has 0 atom stereocenters. The van der Waals surface area contributed by atoms with Crippen LogP contribution in [0.15, 0.2) is 22.9 Å². The number of carbonyl (C=O) groups is 1. The van der Waals surface area contributed by atoms with Crippen LogP contribution in [0.25, 0.3) is 5.76 Å². The number of fused-ring (bicyclic) bond motifs is 1. The van der Waals surface area contributed by atoms with Gasteiger partial charge in [-0.2, -0.15) is 0 Å². The fraction of sp³-hybridized carbons (Fsp3) is 0.308. The Morgan fingerprint density at radius 2 is 2.00 bits per heavy atom. The third kappa shape index (κ3) is 2.06. The minimum atomic E-state index is -1.75. The van der Waals surface area contributed by atoms with Crippen molar-refractivity contribution in [3.8, 4) is 5.75 Å². The molecule has 18 heavy (non-hydrogen) atoms. The van der Waals surface area contributed by atoms with Crippen LogP contribution in [0.1, 0.15) is 15.9 Å². The van der Waals surface area contributed by atoms with E-state index in [2.05, 4.69) is 19.6 Å². The van der Waals surface area contributed by atoms with E-state index in [0.717, 1.165) is 0 Å². The lowest BCUT2D eigenvalue weighted by Gasteiger charge is -2.17. The molecule has 1 heterocycles. The summed E-state index contributed by atoms with van der Waals surface area (Å²) in [5, 5.41) is 0. The fourth-order valence-electron chi connectivity index (χ4n) is 1.80. The monoisotopic (exact) mass is 282 g/mol. The maximum absolute atomic E-state index is 11.8. The van der Waals surface area contributed by atoms with Crippen LogP contribution >= 0.6 is 11.6 Å². The van der Waals surface area contributed by atoms with Crippen LogP contribution in [-0.4, -0.2) is 21.2 Å². The molecule has 0 spiro atoms. The topological polar surface area (TPSA) is 35.5 Å². The van der Waals surface area contributed by atoms with Crippen LogP contribution in [-0.2, 0) is 4.74 Å². The second kappa shape index (κ2) is 4.44. The van der Waals surface area contributed by atoms with Crippen molar-refractivity contribution in [3.63, 3.8) is 0 Å². The van der Waals surface area contributed by atoms with Gasteiger partial charge in [0, 0.05) is 4.66 Å². The Kier molecular flexibility index (Phi) is 3.25. The van der Waals surface area contributed by atoms with Gasteiger partial charge in [0.15, 0.2) is 5.76 Å². The van der Waals surface area contributed by atoms with Gasteiger partial charge in [-0.15, -0.1) is 0 Å². The Bertz CT molecular complexity index is 544. The van der Waals surface area contributed by atoms with Gasteiger partial charge in [0.05, 0.1) is 26.3 Å². The summed E-state index contributed by atoms with van der Waals surface area (Å²) in [7, 11) is -0.179. The van der Waals surface area contributed by atoms with Crippen molar-refractivity contribution in [2.75, 3.05) is 7.11 Å². The molecule has 2 rings (SSSR count). The minimum absolute atomic E-state index is 0.365. The van der Waals surface area contributed by atoms with Crippen LogP contribution in [0, 0.1) is 0 Å². The number of ether oxygens (including phenoxy) is 2. The summed E-state index contributed by atoms with van der Waals surface area (Å²) in [4.78, 5) is 11.8. The molecule has 0 radical (unpaired) electrons. The molecule has 0 saturated carbocycles. The lowest BCUT2D eigenvalue weighted by atomic mass is 10.1. The standard InChI is InChI=1S/C13H15ClO3Si/c1-16-9-7-5-6-8-10(9)11(17-13(8)15)12(14)18(2,3)4/h5-7H,1-4H3/b12-11-. The summed E-state index contributed by atoms with van der Waals surface area (Å²) >= 11 is 6.39. The number of hydrogen-bond donors (Lipinski definition) is 0. The molecule has 0 N–H and O–H groups in total. The van der Waals surface area contributed by atoms with Gasteiger partial charge in [-0.3, -0.25) is 0 Å². The van der Waals surface area contributed by atoms with Gasteiger partial charge in [0.1, 0.15) is 5.75 Å². The van der Waals surface area contributed by atoms with Gasteiger partial charge in [-0.1, -0.05) is 37.3 Å². The summed E-state index contributed by atoms with van der Waals surface area (Å²) in [6, 6.07) is 5.29. The zero-order valence-electron chi connectivity index (χ0n) is 10.8. The molecule has 96 valence electrons. The van der Waals surface area contributed by atoms with E-state index in [1.165, 1.54) is 0 Å². The normalized spacial score (nSPS) is 17.3. The molecular weight excluding hydrogens is 268 g/mol. The van der Waals surface area contributed by atoms with E-state index in [1.807, 2.05) is 0 Å². The number of benzene rings is 1. The first kappa shape index (κ1) is 13.2. The minimum Gasteiger partial charge on any atom is -0.496 e. The molecule has 1 aromatic rings. The van der Waals surface area contributed by atoms with Crippen molar-refractivity contribution in [1.29, 1.82) is 0 Å². The lowest BCUT2D eigenvalue weighted by molar-refractivity contribution is 0.0715. The highest BCUT2D eigenvalue weighted by Gasteiger charge is 2.35. The van der Waals surface area contributed by atoms with E-state index < -0.39 is 8.07 Å². The van der Waals surface area contributed by atoms with E-state index in [9.17, 15) is 4.79 Å². The lowest BCUT2D eigenvalue weighted by Crippen LogP contribution is -2.22. The molecular formula is C13H15ClO3Si. The number of hydrogen-bond acceptors (Lipinski definition) is 3. The Morgan fingerprint density at radius 1 is 1.33 bits per heavy atom. The third-order valence-corrected chi connectivity index (χ3v) is 6.16. The first-order valence-corrected chi connectivity index (χ1v) is 9.54. The molecule has 0 bridgehead atoms. The predicted octanol–water partition coefficient (Wildman–Crippen LogP) is 3.65. The number of esters is 1. The largest absolute Gasteiger partial charge is 0.496 e. The van der Waals surface area contributed by atoms with E-state index >= 15 is 0 Å². The number of cyclic esters (lactones) is 1. The van der Waals surface area contributed by atoms with E-state index in [4.69, 9.17) is 21.1 Å². The third-order valence-electron chi connectivity index (χ3n) is 2.75. The summed E-state index contributed by atoms with van der Waals surface area (Å²) in [6.07, 6.45) is 0. The fourth-order valence-corrected chi connectivity index (χ4v) is 2.79. The van der Waals surface area contributed by atoms with Gasteiger partial charge in [0.2, 0.25) is 0 Å². The first-order chi connectivity index (χ1) is 8.36. The predicted molar refractivity (Wildman–Crippen MR) is 74.5 cm³/mol. The SMILES string of the molecule is COc1cccc2c1/C(=C(\Cl)[Si](C)(C)C)OC2=O. The molecule has 3 nitrogen and oxygen atoms in total. The van der Waals surface area contributed by atoms with Crippen LogP contribution in [0.4, 0.5) is 0 Å². The van der Waals surface area contributed by atoms with Gasteiger partial charge in [-0.25, -0.2) is 4.79 Å². The summed E-state index contributed by atoms with van der Waals surface area (Å²) in [6.45, 7) is 6.30. The summed E-state index contributed by atoms with van der Waals surface area (Å²) < 4.78 is 11.3. The molecule has 0 aliphatic carbocycles. The van der Waals surface area contributed by atoms with Crippen molar-refractivity contribution >= 4 is 31.4 Å². The molecule has 1 aliphatic heterocycles.